The Balaban J connectivity index is 1.56. The predicted octanol–water partition coefficient (Wildman–Crippen LogP) is 5.77. The highest BCUT2D eigenvalue weighted by atomic mass is 35.5. The zero-order valence-electron chi connectivity index (χ0n) is 15.0. The summed E-state index contributed by atoms with van der Waals surface area (Å²) in [4.78, 5) is 1.28. The number of nitrogens with zero attached hydrogens (tertiary/aromatic N) is 2. The van der Waals surface area contributed by atoms with Crippen LogP contribution in [0.4, 0.5) is 0 Å². The SMILES string of the molecule is Cc1nn(-c2ccccc2)cc1CNC(c1ccc(Cl)cc1)c1cccs1. The Labute approximate surface area is 168 Å². The van der Waals surface area contributed by atoms with Gasteiger partial charge < -0.3 is 5.32 Å². The van der Waals surface area contributed by atoms with Crippen LogP contribution in [0, 0.1) is 6.92 Å². The van der Waals surface area contributed by atoms with E-state index in [2.05, 4.69) is 65.3 Å². The van der Waals surface area contributed by atoms with Crippen molar-refractivity contribution in [2.24, 2.45) is 0 Å². The molecule has 27 heavy (non-hydrogen) atoms. The highest BCUT2D eigenvalue weighted by Gasteiger charge is 2.16. The molecule has 0 saturated carbocycles. The molecule has 1 atom stereocenters. The fraction of sp³-hybridized carbons (Fsp3) is 0.136. The van der Waals surface area contributed by atoms with Gasteiger partial charge >= 0.3 is 0 Å². The molecule has 0 saturated heterocycles. The molecule has 1 N–H and O–H groups in total. The van der Waals surface area contributed by atoms with E-state index in [1.807, 2.05) is 35.0 Å². The van der Waals surface area contributed by atoms with Gasteiger partial charge in [0.1, 0.15) is 0 Å². The van der Waals surface area contributed by atoms with Crippen LogP contribution >= 0.6 is 22.9 Å². The van der Waals surface area contributed by atoms with Gasteiger partial charge in [-0.05, 0) is 48.2 Å². The molecule has 2 heterocycles. The average Bonchev–Trinajstić information content (AvgIpc) is 3.35. The molecule has 0 amide bonds. The van der Waals surface area contributed by atoms with Crippen molar-refractivity contribution in [3.05, 3.63) is 105 Å². The molecule has 0 bridgehead atoms. The van der Waals surface area contributed by atoms with Crippen LogP contribution in [0.25, 0.3) is 5.69 Å². The molecular formula is C22H20ClN3S. The number of para-hydroxylation sites is 1. The van der Waals surface area contributed by atoms with Gasteiger partial charge in [0, 0.05) is 28.2 Å². The van der Waals surface area contributed by atoms with Gasteiger partial charge in [-0.15, -0.1) is 11.3 Å². The molecule has 0 aliphatic rings. The van der Waals surface area contributed by atoms with Gasteiger partial charge in [-0.3, -0.25) is 0 Å². The Hall–Kier alpha value is -2.40. The number of rotatable bonds is 6. The second-order valence-corrected chi connectivity index (χ2v) is 7.82. The minimum absolute atomic E-state index is 0.127. The van der Waals surface area contributed by atoms with E-state index in [9.17, 15) is 0 Å². The third-order valence-corrected chi connectivity index (χ3v) is 5.74. The van der Waals surface area contributed by atoms with E-state index in [0.29, 0.717) is 0 Å². The zero-order chi connectivity index (χ0) is 18.6. The van der Waals surface area contributed by atoms with Crippen LogP contribution in [-0.2, 0) is 6.54 Å². The van der Waals surface area contributed by atoms with E-state index in [4.69, 9.17) is 11.6 Å². The largest absolute Gasteiger partial charge is 0.301 e. The van der Waals surface area contributed by atoms with E-state index in [0.717, 1.165) is 22.9 Å². The van der Waals surface area contributed by atoms with E-state index in [-0.39, 0.29) is 6.04 Å². The lowest BCUT2D eigenvalue weighted by molar-refractivity contribution is 0.611. The first kappa shape index (κ1) is 18.0. The van der Waals surface area contributed by atoms with E-state index in [1.54, 1.807) is 11.3 Å². The number of thiophene rings is 1. The normalized spacial score (nSPS) is 12.2. The zero-order valence-corrected chi connectivity index (χ0v) is 16.5. The summed E-state index contributed by atoms with van der Waals surface area (Å²) in [5, 5.41) is 11.2. The van der Waals surface area contributed by atoms with Gasteiger partial charge in [-0.25, -0.2) is 4.68 Å². The third-order valence-electron chi connectivity index (χ3n) is 4.55. The average molecular weight is 394 g/mol. The van der Waals surface area contributed by atoms with Crippen LogP contribution in [0.15, 0.2) is 78.3 Å². The van der Waals surface area contributed by atoms with Gasteiger partial charge in [0.2, 0.25) is 0 Å². The monoisotopic (exact) mass is 393 g/mol. The predicted molar refractivity (Wildman–Crippen MR) is 113 cm³/mol. The van der Waals surface area contributed by atoms with Crippen molar-refractivity contribution < 1.29 is 0 Å². The number of aromatic nitrogens is 2. The van der Waals surface area contributed by atoms with E-state index in [1.165, 1.54) is 16.0 Å². The molecule has 2 aromatic heterocycles. The third kappa shape index (κ3) is 4.14. The number of benzene rings is 2. The maximum atomic E-state index is 6.07. The van der Waals surface area contributed by atoms with Crippen molar-refractivity contribution in [2.45, 2.75) is 19.5 Å². The van der Waals surface area contributed by atoms with Gasteiger partial charge in [0.15, 0.2) is 0 Å². The number of nitrogens with one attached hydrogen (secondary N) is 1. The van der Waals surface area contributed by atoms with Gasteiger partial charge in [-0.2, -0.15) is 5.10 Å². The van der Waals surface area contributed by atoms with Gasteiger partial charge in [0.25, 0.3) is 0 Å². The van der Waals surface area contributed by atoms with Crippen molar-refractivity contribution in [1.82, 2.24) is 15.1 Å². The first-order valence-corrected chi connectivity index (χ1v) is 10.1. The molecule has 0 spiro atoms. The molecule has 2 aromatic carbocycles. The standard InChI is InChI=1S/C22H20ClN3S/c1-16-18(15-26(25-16)20-6-3-2-4-7-20)14-24-22(21-8-5-13-27-21)17-9-11-19(23)12-10-17/h2-13,15,22,24H,14H2,1H3. The topological polar surface area (TPSA) is 29.9 Å². The van der Waals surface area contributed by atoms with E-state index < -0.39 is 0 Å². The van der Waals surface area contributed by atoms with Crippen molar-refractivity contribution in [3.8, 4) is 5.69 Å². The summed E-state index contributed by atoms with van der Waals surface area (Å²) >= 11 is 7.82. The first-order chi connectivity index (χ1) is 13.2. The highest BCUT2D eigenvalue weighted by Crippen LogP contribution is 2.27. The van der Waals surface area contributed by atoms with Crippen LogP contribution in [0.2, 0.25) is 5.02 Å². The number of hydrogen-bond acceptors (Lipinski definition) is 3. The molecular weight excluding hydrogens is 374 g/mol. The summed E-state index contributed by atoms with van der Waals surface area (Å²) in [5.74, 6) is 0. The second kappa shape index (κ2) is 8.09. The van der Waals surface area contributed by atoms with Crippen LogP contribution in [-0.4, -0.2) is 9.78 Å². The quantitative estimate of drug-likeness (QED) is 0.450. The summed E-state index contributed by atoms with van der Waals surface area (Å²) in [6, 6.07) is 22.6. The molecule has 136 valence electrons. The molecule has 0 fully saturated rings. The van der Waals surface area contributed by atoms with Crippen molar-refractivity contribution in [1.29, 1.82) is 0 Å². The van der Waals surface area contributed by atoms with Crippen LogP contribution in [0.3, 0.4) is 0 Å². The molecule has 4 rings (SSSR count). The van der Waals surface area contributed by atoms with Crippen molar-refractivity contribution >= 4 is 22.9 Å². The lowest BCUT2D eigenvalue weighted by Gasteiger charge is -2.18. The summed E-state index contributed by atoms with van der Waals surface area (Å²) in [6.45, 7) is 2.79. The number of halogens is 1. The molecule has 1 unspecified atom stereocenters. The first-order valence-electron chi connectivity index (χ1n) is 8.83. The highest BCUT2D eigenvalue weighted by molar-refractivity contribution is 7.10. The fourth-order valence-electron chi connectivity index (χ4n) is 3.09. The van der Waals surface area contributed by atoms with Crippen LogP contribution < -0.4 is 5.32 Å². The summed E-state index contributed by atoms with van der Waals surface area (Å²) in [7, 11) is 0. The van der Waals surface area contributed by atoms with Gasteiger partial charge in [-0.1, -0.05) is 48.0 Å². The molecule has 5 heteroatoms. The van der Waals surface area contributed by atoms with Crippen LogP contribution in [0.5, 0.6) is 0 Å². The summed E-state index contributed by atoms with van der Waals surface area (Å²) in [6.07, 6.45) is 2.10. The molecule has 0 aliphatic carbocycles. The summed E-state index contributed by atoms with van der Waals surface area (Å²) < 4.78 is 1.94. The maximum absolute atomic E-state index is 6.07. The number of hydrogen-bond donors (Lipinski definition) is 1. The fourth-order valence-corrected chi connectivity index (χ4v) is 4.04. The summed E-state index contributed by atoms with van der Waals surface area (Å²) in [5.41, 5.74) is 4.50. The molecule has 4 aromatic rings. The van der Waals surface area contributed by atoms with Crippen molar-refractivity contribution in [2.75, 3.05) is 0 Å². The minimum Gasteiger partial charge on any atom is -0.301 e. The Kier molecular flexibility index (Phi) is 5.39. The lowest BCUT2D eigenvalue weighted by atomic mass is 10.0. The molecule has 0 aliphatic heterocycles. The Bertz CT molecular complexity index is 992. The molecule has 3 nitrogen and oxygen atoms in total. The second-order valence-electron chi connectivity index (χ2n) is 6.40. The minimum atomic E-state index is 0.127. The number of aryl methyl sites for hydroxylation is 1. The van der Waals surface area contributed by atoms with E-state index >= 15 is 0 Å². The molecule has 0 radical (unpaired) electrons. The van der Waals surface area contributed by atoms with Crippen molar-refractivity contribution in [3.63, 3.8) is 0 Å². The smallest absolute Gasteiger partial charge is 0.0673 e. The van der Waals surface area contributed by atoms with Gasteiger partial charge in [0.05, 0.1) is 17.4 Å². The Morgan fingerprint density at radius 2 is 1.81 bits per heavy atom. The Morgan fingerprint density at radius 3 is 2.52 bits per heavy atom. The Morgan fingerprint density at radius 1 is 1.04 bits per heavy atom. The lowest BCUT2D eigenvalue weighted by Crippen LogP contribution is -2.21. The van der Waals surface area contributed by atoms with Crippen LogP contribution in [0.1, 0.15) is 27.7 Å². The maximum Gasteiger partial charge on any atom is 0.0673 e.